The van der Waals surface area contributed by atoms with Crippen LogP contribution in [-0.4, -0.2) is 22.8 Å². The Morgan fingerprint density at radius 1 is 1.36 bits per heavy atom. The summed E-state index contributed by atoms with van der Waals surface area (Å²) in [4.78, 5) is 4.07. The van der Waals surface area contributed by atoms with E-state index in [1.165, 1.54) is 13.2 Å². The van der Waals surface area contributed by atoms with E-state index in [0.717, 1.165) is 14.7 Å². The van der Waals surface area contributed by atoms with Crippen LogP contribution in [0.1, 0.15) is 29.8 Å². The van der Waals surface area contributed by atoms with Crippen molar-refractivity contribution in [2.75, 3.05) is 7.05 Å². The zero-order valence-corrected chi connectivity index (χ0v) is 15.6. The van der Waals surface area contributed by atoms with Gasteiger partial charge < -0.3 is 10.6 Å². The summed E-state index contributed by atoms with van der Waals surface area (Å²) < 4.78 is 41.1. The molecular weight excluding hydrogens is 399 g/mol. The molecule has 1 atom stereocenters. The fraction of sp³-hybridized carbons (Fsp3) is 0.375. The second-order valence-corrected chi connectivity index (χ2v) is 6.34. The number of benzene rings is 1. The molecule has 1 aromatic carbocycles. The van der Waals surface area contributed by atoms with E-state index in [1.807, 2.05) is 31.2 Å². The van der Waals surface area contributed by atoms with Gasteiger partial charge in [0.25, 0.3) is 0 Å². The number of aliphatic imine (C=N–C) groups is 1. The number of hydrogen-bond acceptors (Lipinski definition) is 2. The lowest BCUT2D eigenvalue weighted by atomic mass is 10.1. The molecule has 0 aliphatic rings. The van der Waals surface area contributed by atoms with Gasteiger partial charge in [0.1, 0.15) is 0 Å². The summed E-state index contributed by atoms with van der Waals surface area (Å²) in [6.45, 7) is 1.91. The minimum atomic E-state index is -4.49. The van der Waals surface area contributed by atoms with E-state index in [2.05, 4.69) is 36.7 Å². The largest absolute Gasteiger partial charge is 0.435 e. The molecule has 0 amide bonds. The van der Waals surface area contributed by atoms with Crippen LogP contribution >= 0.6 is 15.9 Å². The highest BCUT2D eigenvalue weighted by molar-refractivity contribution is 9.10. The minimum Gasteiger partial charge on any atom is -0.352 e. The van der Waals surface area contributed by atoms with Crippen LogP contribution < -0.4 is 10.6 Å². The standard InChI is InChI=1S/C16H19BrF3N5/c1-10(12-6-4-5-7-13(12)17)23-15(21-2)22-8-11-9-25(3)24-14(11)16(18,19)20/h4-7,9-10H,8H2,1-3H3,(H2,21,22,23). The molecule has 5 nitrogen and oxygen atoms in total. The lowest BCUT2D eigenvalue weighted by Crippen LogP contribution is -2.38. The maximum atomic E-state index is 13.0. The summed E-state index contributed by atoms with van der Waals surface area (Å²) >= 11 is 3.48. The third-order valence-corrected chi connectivity index (χ3v) is 4.29. The van der Waals surface area contributed by atoms with Crippen molar-refractivity contribution in [3.05, 3.63) is 51.8 Å². The number of aromatic nitrogens is 2. The summed E-state index contributed by atoms with van der Waals surface area (Å²) in [6, 6.07) is 7.62. The molecule has 0 saturated carbocycles. The normalized spacial score (nSPS) is 13.6. The molecule has 9 heteroatoms. The van der Waals surface area contributed by atoms with Crippen LogP contribution in [0.4, 0.5) is 13.2 Å². The smallest absolute Gasteiger partial charge is 0.352 e. The molecule has 2 N–H and O–H groups in total. The summed E-state index contributed by atoms with van der Waals surface area (Å²) in [5.41, 5.74) is 0.186. The minimum absolute atomic E-state index is 0.0367. The molecule has 0 aliphatic heterocycles. The predicted molar refractivity (Wildman–Crippen MR) is 94.1 cm³/mol. The van der Waals surface area contributed by atoms with Gasteiger partial charge in [-0.15, -0.1) is 0 Å². The summed E-state index contributed by atoms with van der Waals surface area (Å²) in [6.07, 6.45) is -3.14. The Bertz CT molecular complexity index is 754. The fourth-order valence-corrected chi connectivity index (χ4v) is 3.02. The fourth-order valence-electron chi connectivity index (χ4n) is 2.39. The first-order chi connectivity index (χ1) is 11.7. The Labute approximate surface area is 152 Å². The molecule has 0 saturated heterocycles. The first-order valence-corrected chi connectivity index (χ1v) is 8.33. The van der Waals surface area contributed by atoms with Crippen molar-refractivity contribution in [1.82, 2.24) is 20.4 Å². The third kappa shape index (κ3) is 4.97. The topological polar surface area (TPSA) is 54.2 Å². The van der Waals surface area contributed by atoms with Gasteiger partial charge in [-0.05, 0) is 18.6 Å². The van der Waals surface area contributed by atoms with Crippen molar-refractivity contribution < 1.29 is 13.2 Å². The van der Waals surface area contributed by atoms with Gasteiger partial charge in [-0.2, -0.15) is 18.3 Å². The number of rotatable bonds is 4. The molecule has 2 aromatic rings. The van der Waals surface area contributed by atoms with Crippen molar-refractivity contribution >= 4 is 21.9 Å². The van der Waals surface area contributed by atoms with Gasteiger partial charge in [0.05, 0.1) is 6.04 Å². The number of halogens is 4. The van der Waals surface area contributed by atoms with Gasteiger partial charge in [-0.25, -0.2) is 0 Å². The zero-order valence-electron chi connectivity index (χ0n) is 14.0. The van der Waals surface area contributed by atoms with E-state index in [4.69, 9.17) is 0 Å². The summed E-state index contributed by atoms with van der Waals surface area (Å²) in [7, 11) is 3.02. The lowest BCUT2D eigenvalue weighted by molar-refractivity contribution is -0.142. The molecule has 1 unspecified atom stereocenters. The molecule has 2 rings (SSSR count). The van der Waals surface area contributed by atoms with Crippen molar-refractivity contribution in [3.63, 3.8) is 0 Å². The Hall–Kier alpha value is -2.03. The van der Waals surface area contributed by atoms with Gasteiger partial charge in [-0.3, -0.25) is 9.67 Å². The highest BCUT2D eigenvalue weighted by Gasteiger charge is 2.36. The van der Waals surface area contributed by atoms with E-state index in [0.29, 0.717) is 5.96 Å². The zero-order chi connectivity index (χ0) is 18.6. The van der Waals surface area contributed by atoms with Gasteiger partial charge in [0, 0.05) is 36.9 Å². The predicted octanol–water partition coefficient (Wildman–Crippen LogP) is 3.63. The highest BCUT2D eigenvalue weighted by atomic mass is 79.9. The number of alkyl halides is 3. The van der Waals surface area contributed by atoms with Crippen LogP contribution in [-0.2, 0) is 19.8 Å². The van der Waals surface area contributed by atoms with E-state index in [1.54, 1.807) is 7.05 Å². The van der Waals surface area contributed by atoms with Gasteiger partial charge in [0.15, 0.2) is 11.7 Å². The Balaban J connectivity index is 2.06. The number of hydrogen-bond donors (Lipinski definition) is 2. The van der Waals surface area contributed by atoms with Gasteiger partial charge in [-0.1, -0.05) is 34.1 Å². The Morgan fingerprint density at radius 2 is 2.04 bits per heavy atom. The van der Waals surface area contributed by atoms with E-state index < -0.39 is 11.9 Å². The molecule has 0 spiro atoms. The molecule has 25 heavy (non-hydrogen) atoms. The highest BCUT2D eigenvalue weighted by Crippen LogP contribution is 2.30. The molecule has 0 bridgehead atoms. The first kappa shape index (κ1) is 19.3. The monoisotopic (exact) mass is 417 g/mol. The molecule has 0 fully saturated rings. The number of nitrogens with zero attached hydrogens (tertiary/aromatic N) is 3. The second kappa shape index (κ2) is 7.90. The van der Waals surface area contributed by atoms with Crippen molar-refractivity contribution in [2.45, 2.75) is 25.7 Å². The summed E-state index contributed by atoms with van der Waals surface area (Å²) in [5, 5.41) is 9.55. The van der Waals surface area contributed by atoms with E-state index in [-0.39, 0.29) is 18.2 Å². The van der Waals surface area contributed by atoms with Crippen LogP contribution in [0, 0.1) is 0 Å². The molecule has 0 radical (unpaired) electrons. The van der Waals surface area contributed by atoms with Crippen LogP contribution in [0.25, 0.3) is 0 Å². The van der Waals surface area contributed by atoms with Crippen molar-refractivity contribution in [1.29, 1.82) is 0 Å². The van der Waals surface area contributed by atoms with Crippen LogP contribution in [0.2, 0.25) is 0 Å². The van der Waals surface area contributed by atoms with Crippen molar-refractivity contribution in [2.24, 2.45) is 12.0 Å². The summed E-state index contributed by atoms with van der Waals surface area (Å²) in [5.74, 6) is 0.403. The Kier molecular flexibility index (Phi) is 6.10. The maximum Gasteiger partial charge on any atom is 0.435 e. The van der Waals surface area contributed by atoms with Crippen molar-refractivity contribution in [3.8, 4) is 0 Å². The molecule has 136 valence electrons. The Morgan fingerprint density at radius 3 is 2.64 bits per heavy atom. The van der Waals surface area contributed by atoms with Crippen LogP contribution in [0.15, 0.2) is 39.9 Å². The third-order valence-electron chi connectivity index (χ3n) is 3.57. The molecule has 1 aromatic heterocycles. The number of guanidine groups is 1. The SMILES string of the molecule is CN=C(NCc1cn(C)nc1C(F)(F)F)NC(C)c1ccccc1Br. The number of aryl methyl sites for hydroxylation is 1. The van der Waals surface area contributed by atoms with Gasteiger partial charge in [0.2, 0.25) is 0 Å². The maximum absolute atomic E-state index is 13.0. The van der Waals surface area contributed by atoms with E-state index >= 15 is 0 Å². The van der Waals surface area contributed by atoms with Gasteiger partial charge >= 0.3 is 6.18 Å². The molecule has 1 heterocycles. The second-order valence-electron chi connectivity index (χ2n) is 5.49. The number of nitrogens with one attached hydrogen (secondary N) is 2. The lowest BCUT2D eigenvalue weighted by Gasteiger charge is -2.19. The molecular formula is C16H19BrF3N5. The first-order valence-electron chi connectivity index (χ1n) is 7.53. The van der Waals surface area contributed by atoms with E-state index in [9.17, 15) is 13.2 Å². The molecule has 0 aliphatic carbocycles. The quantitative estimate of drug-likeness (QED) is 0.589. The van der Waals surface area contributed by atoms with Crippen LogP contribution in [0.3, 0.4) is 0 Å². The average molecular weight is 418 g/mol. The average Bonchev–Trinajstić information content (AvgIpc) is 2.92. The van der Waals surface area contributed by atoms with Crippen LogP contribution in [0.5, 0.6) is 0 Å².